The summed E-state index contributed by atoms with van der Waals surface area (Å²) in [6.07, 6.45) is 0. The number of hydrogen-bond donors (Lipinski definition) is 2. The highest BCUT2D eigenvalue weighted by atomic mass is 16.4. The zero-order valence-electron chi connectivity index (χ0n) is 16.9. The molecule has 0 unspecified atom stereocenters. The van der Waals surface area contributed by atoms with Crippen molar-refractivity contribution in [2.75, 3.05) is 0 Å². The van der Waals surface area contributed by atoms with Gasteiger partial charge in [0.05, 0.1) is 0 Å². The van der Waals surface area contributed by atoms with Gasteiger partial charge in [-0.1, -0.05) is 115 Å². The summed E-state index contributed by atoms with van der Waals surface area (Å²) in [7, 11) is -1.49. The minimum atomic E-state index is -1.49. The summed E-state index contributed by atoms with van der Waals surface area (Å²) in [5.41, 5.74) is 7.21. The van der Waals surface area contributed by atoms with Gasteiger partial charge in [0, 0.05) is 0 Å². The molecule has 5 aromatic carbocycles. The van der Waals surface area contributed by atoms with Gasteiger partial charge in [0.15, 0.2) is 0 Å². The Bertz CT molecular complexity index is 1340. The van der Waals surface area contributed by atoms with Crippen LogP contribution in [0.5, 0.6) is 0 Å². The lowest BCUT2D eigenvalue weighted by atomic mass is 9.78. The zero-order valence-corrected chi connectivity index (χ0v) is 16.9. The Morgan fingerprint density at radius 3 is 1.68 bits per heavy atom. The molecule has 31 heavy (non-hydrogen) atoms. The van der Waals surface area contributed by atoms with E-state index in [-0.39, 0.29) is 0 Å². The summed E-state index contributed by atoms with van der Waals surface area (Å²) in [5.74, 6) is 0. The molecule has 0 heterocycles. The van der Waals surface area contributed by atoms with Gasteiger partial charge in [-0.05, 0) is 49.6 Å². The third kappa shape index (κ3) is 3.77. The minimum absolute atomic E-state index is 0.485. The Morgan fingerprint density at radius 2 is 1.00 bits per heavy atom. The van der Waals surface area contributed by atoms with Crippen LogP contribution in [0, 0.1) is 0 Å². The third-order valence-electron chi connectivity index (χ3n) is 5.70. The summed E-state index contributed by atoms with van der Waals surface area (Å²) in [6, 6.07) is 39.1. The first-order valence-electron chi connectivity index (χ1n) is 10.3. The zero-order chi connectivity index (χ0) is 21.2. The van der Waals surface area contributed by atoms with Gasteiger partial charge in [0.2, 0.25) is 0 Å². The summed E-state index contributed by atoms with van der Waals surface area (Å²) >= 11 is 0. The maximum Gasteiger partial charge on any atom is 0.488 e. The fraction of sp³-hybridized carbons (Fsp3) is 0. The summed E-state index contributed by atoms with van der Waals surface area (Å²) in [5, 5.41) is 21.5. The van der Waals surface area contributed by atoms with Crippen molar-refractivity contribution in [1.82, 2.24) is 0 Å². The van der Waals surface area contributed by atoms with E-state index in [2.05, 4.69) is 78.9 Å². The molecule has 5 aromatic rings. The molecular formula is C28H21BO2. The third-order valence-corrected chi connectivity index (χ3v) is 5.70. The van der Waals surface area contributed by atoms with Crippen molar-refractivity contribution in [3.8, 4) is 33.4 Å². The molecule has 2 nitrogen and oxygen atoms in total. The lowest BCUT2D eigenvalue weighted by molar-refractivity contribution is 0.426. The molecule has 0 spiro atoms. The number of fused-ring (bicyclic) bond motifs is 1. The van der Waals surface area contributed by atoms with Crippen molar-refractivity contribution in [3.63, 3.8) is 0 Å². The van der Waals surface area contributed by atoms with Gasteiger partial charge in [-0.3, -0.25) is 0 Å². The standard InChI is InChI=1S/C28H21BO2/c30-29(31)25-12-4-11-24(19-25)27-14-6-10-23-9-5-13-26(28(23)27)22-17-15-21(16-18-22)20-7-2-1-3-8-20/h1-19,30-31H. The molecule has 0 amide bonds. The first-order chi connectivity index (χ1) is 15.2. The van der Waals surface area contributed by atoms with Crippen molar-refractivity contribution < 1.29 is 10.0 Å². The lowest BCUT2D eigenvalue weighted by Gasteiger charge is -2.14. The quantitative estimate of drug-likeness (QED) is 0.390. The molecule has 0 saturated carbocycles. The van der Waals surface area contributed by atoms with E-state index in [0.717, 1.165) is 33.0 Å². The molecule has 0 aliphatic rings. The topological polar surface area (TPSA) is 40.5 Å². The molecule has 0 bridgehead atoms. The van der Waals surface area contributed by atoms with E-state index in [9.17, 15) is 10.0 Å². The number of hydrogen-bond acceptors (Lipinski definition) is 2. The monoisotopic (exact) mass is 400 g/mol. The van der Waals surface area contributed by atoms with Gasteiger partial charge in [0.1, 0.15) is 0 Å². The SMILES string of the molecule is OB(O)c1cccc(-c2cccc3cccc(-c4ccc(-c5ccccc5)cc4)c23)c1. The second-order valence-corrected chi connectivity index (χ2v) is 7.65. The van der Waals surface area contributed by atoms with Crippen LogP contribution in [0.15, 0.2) is 115 Å². The average Bonchev–Trinajstić information content (AvgIpc) is 2.84. The van der Waals surface area contributed by atoms with E-state index in [4.69, 9.17) is 0 Å². The summed E-state index contributed by atoms with van der Waals surface area (Å²) in [4.78, 5) is 0. The molecule has 0 atom stereocenters. The minimum Gasteiger partial charge on any atom is -0.423 e. The van der Waals surface area contributed by atoms with Crippen LogP contribution >= 0.6 is 0 Å². The first-order valence-corrected chi connectivity index (χ1v) is 10.3. The number of benzene rings is 5. The first kappa shape index (κ1) is 19.3. The molecule has 0 saturated heterocycles. The average molecular weight is 400 g/mol. The van der Waals surface area contributed by atoms with Crippen LogP contribution in [0.2, 0.25) is 0 Å². The van der Waals surface area contributed by atoms with Crippen LogP contribution in [0.1, 0.15) is 0 Å². The molecular weight excluding hydrogens is 379 g/mol. The predicted molar refractivity (Wildman–Crippen MR) is 130 cm³/mol. The fourth-order valence-corrected chi connectivity index (χ4v) is 4.16. The van der Waals surface area contributed by atoms with E-state index in [1.807, 2.05) is 30.3 Å². The van der Waals surface area contributed by atoms with Gasteiger partial charge in [-0.2, -0.15) is 0 Å². The molecule has 0 aromatic heterocycles. The van der Waals surface area contributed by atoms with Crippen molar-refractivity contribution in [2.45, 2.75) is 0 Å². The normalized spacial score (nSPS) is 10.9. The number of rotatable bonds is 4. The van der Waals surface area contributed by atoms with E-state index in [0.29, 0.717) is 5.46 Å². The predicted octanol–water partition coefficient (Wildman–Crippen LogP) is 5.52. The summed E-state index contributed by atoms with van der Waals surface area (Å²) < 4.78 is 0. The largest absolute Gasteiger partial charge is 0.488 e. The molecule has 0 aliphatic heterocycles. The van der Waals surface area contributed by atoms with Crippen LogP contribution in [-0.4, -0.2) is 17.2 Å². The van der Waals surface area contributed by atoms with Crippen LogP contribution < -0.4 is 5.46 Å². The molecule has 0 fully saturated rings. The Kier molecular flexibility index (Phi) is 5.13. The van der Waals surface area contributed by atoms with Gasteiger partial charge < -0.3 is 10.0 Å². The van der Waals surface area contributed by atoms with E-state index < -0.39 is 7.12 Å². The molecule has 0 radical (unpaired) electrons. The van der Waals surface area contributed by atoms with Crippen molar-refractivity contribution >= 4 is 23.4 Å². The Labute approximate surface area is 182 Å². The second-order valence-electron chi connectivity index (χ2n) is 7.65. The lowest BCUT2D eigenvalue weighted by Crippen LogP contribution is -2.29. The highest BCUT2D eigenvalue weighted by Crippen LogP contribution is 2.36. The Balaban J connectivity index is 1.66. The van der Waals surface area contributed by atoms with Crippen molar-refractivity contribution in [2.24, 2.45) is 0 Å². The highest BCUT2D eigenvalue weighted by molar-refractivity contribution is 6.58. The smallest absolute Gasteiger partial charge is 0.423 e. The maximum absolute atomic E-state index is 9.62. The molecule has 3 heteroatoms. The van der Waals surface area contributed by atoms with Crippen LogP contribution in [-0.2, 0) is 0 Å². The van der Waals surface area contributed by atoms with Gasteiger partial charge in [-0.25, -0.2) is 0 Å². The van der Waals surface area contributed by atoms with Gasteiger partial charge >= 0.3 is 7.12 Å². The van der Waals surface area contributed by atoms with Crippen LogP contribution in [0.25, 0.3) is 44.2 Å². The molecule has 0 aliphatic carbocycles. The molecule has 148 valence electrons. The maximum atomic E-state index is 9.62. The fourth-order valence-electron chi connectivity index (χ4n) is 4.16. The Morgan fingerprint density at radius 1 is 0.452 bits per heavy atom. The van der Waals surface area contributed by atoms with E-state index >= 15 is 0 Å². The van der Waals surface area contributed by atoms with Gasteiger partial charge in [-0.15, -0.1) is 0 Å². The van der Waals surface area contributed by atoms with E-state index in [1.165, 1.54) is 11.1 Å². The van der Waals surface area contributed by atoms with Crippen molar-refractivity contribution in [1.29, 1.82) is 0 Å². The molecule has 2 N–H and O–H groups in total. The van der Waals surface area contributed by atoms with E-state index in [1.54, 1.807) is 6.07 Å². The summed E-state index contributed by atoms with van der Waals surface area (Å²) in [6.45, 7) is 0. The Hall–Kier alpha value is -3.66. The highest BCUT2D eigenvalue weighted by Gasteiger charge is 2.14. The van der Waals surface area contributed by atoms with Crippen LogP contribution in [0.4, 0.5) is 0 Å². The van der Waals surface area contributed by atoms with Crippen molar-refractivity contribution in [3.05, 3.63) is 115 Å². The molecule has 5 rings (SSSR count). The van der Waals surface area contributed by atoms with Crippen LogP contribution in [0.3, 0.4) is 0 Å². The van der Waals surface area contributed by atoms with Gasteiger partial charge in [0.25, 0.3) is 0 Å². The second kappa shape index (κ2) is 8.23.